The molecule has 112 valence electrons. The molecule has 0 saturated carbocycles. The van der Waals surface area contributed by atoms with Gasteiger partial charge in [0.15, 0.2) is 0 Å². The molecule has 0 aromatic carbocycles. The molecule has 0 aliphatic rings. The van der Waals surface area contributed by atoms with Crippen molar-refractivity contribution >= 4 is 0 Å². The highest BCUT2D eigenvalue weighted by Crippen LogP contribution is 2.08. The van der Waals surface area contributed by atoms with Crippen LogP contribution < -0.4 is 5.73 Å². The fourth-order valence-electron chi connectivity index (χ4n) is 1.45. The van der Waals surface area contributed by atoms with Crippen LogP contribution >= 0.6 is 0 Å². The lowest BCUT2D eigenvalue weighted by atomic mass is 10.1. The van der Waals surface area contributed by atoms with Gasteiger partial charge in [0.1, 0.15) is 0 Å². The van der Waals surface area contributed by atoms with Gasteiger partial charge < -0.3 is 15.9 Å². The van der Waals surface area contributed by atoms with Crippen LogP contribution in [0.25, 0.3) is 0 Å². The van der Waals surface area contributed by atoms with E-state index >= 15 is 0 Å². The van der Waals surface area contributed by atoms with Gasteiger partial charge in [-0.25, -0.2) is 0 Å². The lowest BCUT2D eigenvalue weighted by Crippen LogP contribution is -1.97. The Balaban J connectivity index is -0.000000317. The lowest BCUT2D eigenvalue weighted by molar-refractivity contribution is 0.186. The summed E-state index contributed by atoms with van der Waals surface area (Å²) in [6, 6.07) is 0. The van der Waals surface area contributed by atoms with E-state index in [4.69, 9.17) is 15.9 Å². The van der Waals surface area contributed by atoms with Crippen molar-refractivity contribution in [3.8, 4) is 0 Å². The third-order valence-electron chi connectivity index (χ3n) is 2.41. The molecule has 0 fully saturated rings. The van der Waals surface area contributed by atoms with Gasteiger partial charge in [0.25, 0.3) is 0 Å². The third-order valence-corrected chi connectivity index (χ3v) is 2.41. The second-order valence-corrected chi connectivity index (χ2v) is 4.06. The molecule has 0 radical (unpaired) electrons. The Morgan fingerprint density at radius 2 is 1.06 bits per heavy atom. The van der Waals surface area contributed by atoms with Crippen LogP contribution in [0.3, 0.4) is 0 Å². The van der Waals surface area contributed by atoms with Gasteiger partial charge in [-0.05, 0) is 13.0 Å². The summed E-state index contributed by atoms with van der Waals surface area (Å²) in [5.41, 5.74) is 5.41. The molecule has 3 heteroatoms. The number of rotatable bonds is 10. The summed E-state index contributed by atoms with van der Waals surface area (Å²) in [7, 11) is 0. The first-order valence-corrected chi connectivity index (χ1v) is 7.25. The van der Waals surface area contributed by atoms with Gasteiger partial charge in [-0.15, -0.1) is 13.2 Å². The van der Waals surface area contributed by atoms with Crippen LogP contribution in [-0.2, 0) is 0 Å². The van der Waals surface area contributed by atoms with Crippen LogP contribution in [0.2, 0.25) is 0 Å². The van der Waals surface area contributed by atoms with E-state index in [1.165, 1.54) is 57.8 Å². The van der Waals surface area contributed by atoms with Gasteiger partial charge in [0, 0.05) is 0 Å². The van der Waals surface area contributed by atoms with Crippen molar-refractivity contribution in [1.29, 1.82) is 0 Å². The number of aliphatic hydroxyl groups is 2. The minimum atomic E-state index is -0.125. The van der Waals surface area contributed by atoms with E-state index in [0.717, 1.165) is 6.54 Å². The first-order valence-electron chi connectivity index (χ1n) is 7.25. The SMILES string of the molecule is C=C.CCCCCCCCCCCN.OCCO. The maximum atomic E-state index is 7.62. The zero-order valence-corrected chi connectivity index (χ0v) is 12.4. The molecule has 0 amide bonds. The van der Waals surface area contributed by atoms with Crippen LogP contribution in [0.15, 0.2) is 13.2 Å². The number of nitrogens with two attached hydrogens (primary N) is 1. The topological polar surface area (TPSA) is 66.5 Å². The van der Waals surface area contributed by atoms with E-state index in [2.05, 4.69) is 20.1 Å². The summed E-state index contributed by atoms with van der Waals surface area (Å²) in [6.45, 7) is 8.89. The van der Waals surface area contributed by atoms with Crippen LogP contribution in [0, 0.1) is 0 Å². The Kier molecular flexibility index (Phi) is 38.0. The summed E-state index contributed by atoms with van der Waals surface area (Å²) >= 11 is 0. The second kappa shape index (κ2) is 30.0. The smallest absolute Gasteiger partial charge is 0.0662 e. The highest BCUT2D eigenvalue weighted by Gasteiger charge is 1.90. The van der Waals surface area contributed by atoms with Gasteiger partial charge in [-0.3, -0.25) is 0 Å². The molecule has 0 heterocycles. The van der Waals surface area contributed by atoms with Crippen molar-refractivity contribution < 1.29 is 10.2 Å². The van der Waals surface area contributed by atoms with E-state index < -0.39 is 0 Å². The molecule has 0 aliphatic heterocycles. The molecule has 4 N–H and O–H groups in total. The molecular weight excluding hydrogens is 226 g/mol. The van der Waals surface area contributed by atoms with E-state index in [9.17, 15) is 0 Å². The number of hydrogen-bond acceptors (Lipinski definition) is 3. The zero-order valence-electron chi connectivity index (χ0n) is 12.4. The molecule has 3 nitrogen and oxygen atoms in total. The molecule has 0 saturated heterocycles. The van der Waals surface area contributed by atoms with Crippen LogP contribution in [0.4, 0.5) is 0 Å². The summed E-state index contributed by atoms with van der Waals surface area (Å²) in [4.78, 5) is 0. The van der Waals surface area contributed by atoms with Gasteiger partial charge in [0.2, 0.25) is 0 Å². The fourth-order valence-corrected chi connectivity index (χ4v) is 1.45. The van der Waals surface area contributed by atoms with E-state index in [1.807, 2.05) is 0 Å². The molecule has 0 unspecified atom stereocenters. The van der Waals surface area contributed by atoms with E-state index in [0.29, 0.717) is 0 Å². The van der Waals surface area contributed by atoms with Crippen LogP contribution in [0.5, 0.6) is 0 Å². The third kappa shape index (κ3) is 36.1. The van der Waals surface area contributed by atoms with E-state index in [1.54, 1.807) is 0 Å². The summed E-state index contributed by atoms with van der Waals surface area (Å²) in [5.74, 6) is 0. The first-order chi connectivity index (χ1) is 8.83. The number of hydrogen-bond donors (Lipinski definition) is 3. The Morgan fingerprint density at radius 3 is 1.33 bits per heavy atom. The van der Waals surface area contributed by atoms with Gasteiger partial charge in [-0.1, -0.05) is 58.3 Å². The molecule has 0 aromatic rings. The maximum absolute atomic E-state index is 7.62. The van der Waals surface area contributed by atoms with Crippen LogP contribution in [0.1, 0.15) is 64.7 Å². The van der Waals surface area contributed by atoms with Gasteiger partial charge in [0.05, 0.1) is 13.2 Å². The Hall–Kier alpha value is -0.380. The second-order valence-electron chi connectivity index (χ2n) is 4.06. The van der Waals surface area contributed by atoms with Crippen LogP contribution in [-0.4, -0.2) is 30.0 Å². The summed E-state index contributed by atoms with van der Waals surface area (Å²) in [5, 5.41) is 15.2. The maximum Gasteiger partial charge on any atom is 0.0662 e. The first kappa shape index (κ1) is 22.8. The minimum absolute atomic E-state index is 0.125. The van der Waals surface area contributed by atoms with Crippen molar-refractivity contribution in [1.82, 2.24) is 0 Å². The standard InChI is InChI=1S/C11H25N.C2H6O2.C2H4/c1-2-3-4-5-6-7-8-9-10-11-12;3-1-2-4;1-2/h2-12H2,1H3;3-4H,1-2H2;1-2H2. The Labute approximate surface area is 114 Å². The largest absolute Gasteiger partial charge is 0.394 e. The quantitative estimate of drug-likeness (QED) is 0.418. The number of unbranched alkanes of at least 4 members (excludes halogenated alkanes) is 8. The average Bonchev–Trinajstić information content (AvgIpc) is 2.44. The zero-order chi connectivity index (χ0) is 14.5. The van der Waals surface area contributed by atoms with Crippen molar-refractivity contribution in [2.45, 2.75) is 64.7 Å². The van der Waals surface area contributed by atoms with E-state index in [-0.39, 0.29) is 13.2 Å². The molecule has 0 spiro atoms. The predicted molar refractivity (Wildman–Crippen MR) is 81.7 cm³/mol. The molecule has 0 aromatic heterocycles. The van der Waals surface area contributed by atoms with Crippen molar-refractivity contribution in [2.24, 2.45) is 5.73 Å². The minimum Gasteiger partial charge on any atom is -0.394 e. The molecular formula is C15H35NO2. The summed E-state index contributed by atoms with van der Waals surface area (Å²) < 4.78 is 0. The molecule has 0 aliphatic carbocycles. The molecule has 0 rings (SSSR count). The van der Waals surface area contributed by atoms with Crippen molar-refractivity contribution in [2.75, 3.05) is 19.8 Å². The van der Waals surface area contributed by atoms with Gasteiger partial charge in [-0.2, -0.15) is 0 Å². The highest BCUT2D eigenvalue weighted by atomic mass is 16.3. The predicted octanol–water partition coefficient (Wildman–Crippen LogP) is 3.25. The summed E-state index contributed by atoms with van der Waals surface area (Å²) in [6.07, 6.45) is 12.5. The number of aliphatic hydroxyl groups excluding tert-OH is 2. The monoisotopic (exact) mass is 261 g/mol. The normalized spacial score (nSPS) is 8.89. The Bertz CT molecular complexity index is 98.7. The lowest BCUT2D eigenvalue weighted by Gasteiger charge is -1.99. The molecule has 0 atom stereocenters. The molecule has 18 heavy (non-hydrogen) atoms. The molecule has 0 bridgehead atoms. The fraction of sp³-hybridized carbons (Fsp3) is 0.867. The van der Waals surface area contributed by atoms with Crippen molar-refractivity contribution in [3.05, 3.63) is 13.2 Å². The highest BCUT2D eigenvalue weighted by molar-refractivity contribution is 4.46. The average molecular weight is 261 g/mol. The Morgan fingerprint density at radius 1 is 0.722 bits per heavy atom. The van der Waals surface area contributed by atoms with Gasteiger partial charge >= 0.3 is 0 Å². The van der Waals surface area contributed by atoms with Crippen molar-refractivity contribution in [3.63, 3.8) is 0 Å².